The van der Waals surface area contributed by atoms with Gasteiger partial charge < -0.3 is 15.3 Å². The fraction of sp³-hybridized carbons (Fsp3) is 0.357. The first-order valence-corrected chi connectivity index (χ1v) is 6.35. The van der Waals surface area contributed by atoms with Gasteiger partial charge in [-0.2, -0.15) is 5.26 Å². The average molecular weight is 273 g/mol. The Labute approximate surface area is 116 Å². The van der Waals surface area contributed by atoms with Crippen LogP contribution in [0.25, 0.3) is 0 Å². The van der Waals surface area contributed by atoms with Gasteiger partial charge in [-0.15, -0.1) is 0 Å². The number of carbonyl (C=O) groups is 1. The van der Waals surface area contributed by atoms with Crippen LogP contribution in [0, 0.1) is 11.3 Å². The van der Waals surface area contributed by atoms with Crippen LogP contribution in [0.4, 0.5) is 0 Å². The van der Waals surface area contributed by atoms with Crippen molar-refractivity contribution in [3.63, 3.8) is 0 Å². The zero-order valence-electron chi connectivity index (χ0n) is 10.9. The number of nitrogens with one attached hydrogen (secondary N) is 1. The summed E-state index contributed by atoms with van der Waals surface area (Å²) >= 11 is 0. The predicted octanol–water partition coefficient (Wildman–Crippen LogP) is 1.22. The molecule has 104 valence electrons. The number of hydrogen-bond acceptors (Lipinski definition) is 5. The zero-order chi connectivity index (χ0) is 14.4. The molecule has 2 N–H and O–H groups in total. The van der Waals surface area contributed by atoms with Crippen molar-refractivity contribution in [1.29, 1.82) is 5.26 Å². The van der Waals surface area contributed by atoms with Crippen molar-refractivity contribution in [2.24, 2.45) is 5.16 Å². The van der Waals surface area contributed by atoms with Gasteiger partial charge in [0.15, 0.2) is 6.61 Å². The van der Waals surface area contributed by atoms with Crippen molar-refractivity contribution in [3.05, 3.63) is 29.3 Å². The Morgan fingerprint density at radius 2 is 2.35 bits per heavy atom. The van der Waals surface area contributed by atoms with E-state index in [1.54, 1.807) is 6.07 Å². The molecule has 6 nitrogen and oxygen atoms in total. The van der Waals surface area contributed by atoms with Gasteiger partial charge in [-0.1, -0.05) is 5.16 Å². The van der Waals surface area contributed by atoms with Gasteiger partial charge in [0.2, 0.25) is 0 Å². The standard InChI is InChI=1S/C14H15N3O3/c15-6-1-7-16-14(18)9-20-11-3-4-12-10(8-11)2-5-13(12)17-19/h3-4,8,19H,1-2,5,7,9H2,(H,16,18)/b17-13-. The molecular formula is C14H15N3O3. The van der Waals surface area contributed by atoms with Gasteiger partial charge in [-0.05, 0) is 36.6 Å². The first-order valence-electron chi connectivity index (χ1n) is 6.35. The Kier molecular flexibility index (Phi) is 4.56. The quantitative estimate of drug-likeness (QED) is 0.479. The second-order valence-electron chi connectivity index (χ2n) is 4.41. The molecule has 0 unspecified atom stereocenters. The normalized spacial score (nSPS) is 14.7. The molecule has 0 fully saturated rings. The van der Waals surface area contributed by atoms with Crippen molar-refractivity contribution < 1.29 is 14.7 Å². The molecule has 0 heterocycles. The third kappa shape index (κ3) is 3.26. The van der Waals surface area contributed by atoms with Gasteiger partial charge in [-0.3, -0.25) is 4.79 Å². The van der Waals surface area contributed by atoms with Crippen molar-refractivity contribution in [3.8, 4) is 11.8 Å². The number of benzene rings is 1. The fourth-order valence-corrected chi connectivity index (χ4v) is 2.10. The van der Waals surface area contributed by atoms with E-state index in [4.69, 9.17) is 15.2 Å². The van der Waals surface area contributed by atoms with Crippen LogP contribution in [0.15, 0.2) is 23.4 Å². The molecule has 0 saturated heterocycles. The second kappa shape index (κ2) is 6.57. The number of amides is 1. The van der Waals surface area contributed by atoms with Crippen LogP contribution in [-0.2, 0) is 11.2 Å². The number of oxime groups is 1. The molecular weight excluding hydrogens is 258 g/mol. The molecule has 0 bridgehead atoms. The predicted molar refractivity (Wildman–Crippen MR) is 71.8 cm³/mol. The number of nitrogens with zero attached hydrogens (tertiary/aromatic N) is 2. The molecule has 1 aliphatic rings. The van der Waals surface area contributed by atoms with E-state index in [2.05, 4.69) is 10.5 Å². The van der Waals surface area contributed by atoms with E-state index in [0.717, 1.165) is 17.5 Å². The maximum atomic E-state index is 11.4. The van der Waals surface area contributed by atoms with E-state index in [1.807, 2.05) is 18.2 Å². The van der Waals surface area contributed by atoms with Gasteiger partial charge in [0.05, 0.1) is 18.2 Å². The van der Waals surface area contributed by atoms with E-state index in [-0.39, 0.29) is 18.9 Å². The Hall–Kier alpha value is -2.55. The minimum Gasteiger partial charge on any atom is -0.484 e. The smallest absolute Gasteiger partial charge is 0.257 e. The number of nitriles is 1. The lowest BCUT2D eigenvalue weighted by Gasteiger charge is -2.08. The van der Waals surface area contributed by atoms with E-state index in [1.165, 1.54) is 0 Å². The van der Waals surface area contributed by atoms with Crippen LogP contribution in [0.2, 0.25) is 0 Å². The summed E-state index contributed by atoms with van der Waals surface area (Å²) in [6, 6.07) is 7.39. The molecule has 1 aliphatic carbocycles. The Bertz CT molecular complexity index is 576. The third-order valence-corrected chi connectivity index (χ3v) is 3.07. The van der Waals surface area contributed by atoms with Gasteiger partial charge in [0, 0.05) is 12.1 Å². The Balaban J connectivity index is 1.89. The molecule has 2 rings (SSSR count). The van der Waals surface area contributed by atoms with Crippen LogP contribution in [0.3, 0.4) is 0 Å². The number of aryl methyl sites for hydroxylation is 1. The highest BCUT2D eigenvalue weighted by molar-refractivity contribution is 6.04. The minimum absolute atomic E-state index is 0.0782. The van der Waals surface area contributed by atoms with Crippen LogP contribution in [-0.4, -0.2) is 30.0 Å². The summed E-state index contributed by atoms with van der Waals surface area (Å²) in [5, 5.41) is 23.0. The minimum atomic E-state index is -0.252. The Morgan fingerprint density at radius 3 is 3.10 bits per heavy atom. The maximum absolute atomic E-state index is 11.4. The topological polar surface area (TPSA) is 94.7 Å². The number of rotatable bonds is 5. The van der Waals surface area contributed by atoms with E-state index < -0.39 is 0 Å². The molecule has 0 radical (unpaired) electrons. The van der Waals surface area contributed by atoms with Gasteiger partial charge >= 0.3 is 0 Å². The first-order chi connectivity index (χ1) is 9.74. The average Bonchev–Trinajstić information content (AvgIpc) is 2.87. The molecule has 1 aromatic carbocycles. The SMILES string of the molecule is N#CCCNC(=O)COc1ccc2c(c1)CC/C2=N/O. The van der Waals surface area contributed by atoms with Crippen LogP contribution in [0.1, 0.15) is 24.0 Å². The van der Waals surface area contributed by atoms with Crippen molar-refractivity contribution in [2.45, 2.75) is 19.3 Å². The molecule has 0 aromatic heterocycles. The van der Waals surface area contributed by atoms with E-state index in [0.29, 0.717) is 24.4 Å². The van der Waals surface area contributed by atoms with E-state index in [9.17, 15) is 4.79 Å². The van der Waals surface area contributed by atoms with Gasteiger partial charge in [-0.25, -0.2) is 0 Å². The molecule has 0 atom stereocenters. The van der Waals surface area contributed by atoms with Crippen molar-refractivity contribution in [2.75, 3.05) is 13.2 Å². The summed E-state index contributed by atoms with van der Waals surface area (Å²) in [5.41, 5.74) is 2.67. The number of fused-ring (bicyclic) bond motifs is 1. The summed E-state index contributed by atoms with van der Waals surface area (Å²) in [7, 11) is 0. The monoisotopic (exact) mass is 273 g/mol. The summed E-state index contributed by atoms with van der Waals surface area (Å²) in [6.07, 6.45) is 1.80. The summed E-state index contributed by atoms with van der Waals surface area (Å²) < 4.78 is 5.40. The van der Waals surface area contributed by atoms with Gasteiger partial charge in [0.1, 0.15) is 5.75 Å². The van der Waals surface area contributed by atoms with Crippen LogP contribution in [0.5, 0.6) is 5.75 Å². The third-order valence-electron chi connectivity index (χ3n) is 3.07. The molecule has 1 aromatic rings. The largest absolute Gasteiger partial charge is 0.484 e. The summed E-state index contributed by atoms with van der Waals surface area (Å²) in [5.74, 6) is 0.358. The lowest BCUT2D eigenvalue weighted by molar-refractivity contribution is -0.123. The number of hydrogen-bond donors (Lipinski definition) is 2. The first kappa shape index (κ1) is 13.9. The number of carbonyl (C=O) groups excluding carboxylic acids is 1. The highest BCUT2D eigenvalue weighted by Crippen LogP contribution is 2.26. The van der Waals surface area contributed by atoms with Crippen molar-refractivity contribution >= 4 is 11.6 Å². The number of ether oxygens (including phenoxy) is 1. The summed E-state index contributed by atoms with van der Waals surface area (Å²) in [4.78, 5) is 11.4. The lowest BCUT2D eigenvalue weighted by Crippen LogP contribution is -2.29. The highest BCUT2D eigenvalue weighted by Gasteiger charge is 2.18. The Morgan fingerprint density at radius 1 is 1.50 bits per heavy atom. The van der Waals surface area contributed by atoms with E-state index >= 15 is 0 Å². The molecule has 0 aliphatic heterocycles. The van der Waals surface area contributed by atoms with Crippen molar-refractivity contribution in [1.82, 2.24) is 5.32 Å². The summed E-state index contributed by atoms with van der Waals surface area (Å²) in [6.45, 7) is 0.254. The second-order valence-corrected chi connectivity index (χ2v) is 4.41. The van der Waals surface area contributed by atoms with Crippen LogP contribution < -0.4 is 10.1 Å². The maximum Gasteiger partial charge on any atom is 0.257 e. The molecule has 0 spiro atoms. The van der Waals surface area contributed by atoms with Crippen LogP contribution >= 0.6 is 0 Å². The highest BCUT2D eigenvalue weighted by atomic mass is 16.5. The zero-order valence-corrected chi connectivity index (χ0v) is 10.9. The molecule has 6 heteroatoms. The molecule has 0 saturated carbocycles. The molecule has 20 heavy (non-hydrogen) atoms. The lowest BCUT2D eigenvalue weighted by atomic mass is 10.1. The fourth-order valence-electron chi connectivity index (χ4n) is 2.10. The molecule has 1 amide bonds. The van der Waals surface area contributed by atoms with Gasteiger partial charge in [0.25, 0.3) is 5.91 Å².